The molecule has 0 aliphatic heterocycles. The zero-order chi connectivity index (χ0) is 14.7. The van der Waals surface area contributed by atoms with Crippen LogP contribution in [0.15, 0.2) is 34.9 Å². The van der Waals surface area contributed by atoms with E-state index >= 15 is 0 Å². The van der Waals surface area contributed by atoms with Crippen molar-refractivity contribution >= 4 is 29.2 Å². The van der Waals surface area contributed by atoms with Gasteiger partial charge in [-0.25, -0.2) is 4.79 Å². The van der Waals surface area contributed by atoms with Crippen LogP contribution >= 0.6 is 11.6 Å². The Morgan fingerprint density at radius 3 is 2.65 bits per heavy atom. The molecule has 2 rings (SSSR count). The summed E-state index contributed by atoms with van der Waals surface area (Å²) in [5, 5.41) is 2.98. The molecular weight excluding hydrogens is 282 g/mol. The summed E-state index contributed by atoms with van der Waals surface area (Å²) in [7, 11) is 1.26. The van der Waals surface area contributed by atoms with Crippen molar-refractivity contribution in [3.8, 4) is 0 Å². The van der Waals surface area contributed by atoms with Gasteiger partial charge in [0, 0.05) is 10.6 Å². The van der Waals surface area contributed by atoms with E-state index in [1.54, 1.807) is 19.1 Å². The van der Waals surface area contributed by atoms with Crippen molar-refractivity contribution in [2.75, 3.05) is 12.4 Å². The minimum absolute atomic E-state index is 0.178. The van der Waals surface area contributed by atoms with Crippen molar-refractivity contribution in [2.24, 2.45) is 0 Å². The van der Waals surface area contributed by atoms with E-state index in [9.17, 15) is 9.59 Å². The first-order chi connectivity index (χ1) is 9.52. The average Bonchev–Trinajstić information content (AvgIpc) is 2.86. The number of rotatable bonds is 3. The van der Waals surface area contributed by atoms with Crippen LogP contribution in [-0.4, -0.2) is 19.0 Å². The van der Waals surface area contributed by atoms with Crippen LogP contribution in [0.5, 0.6) is 0 Å². The van der Waals surface area contributed by atoms with E-state index in [0.717, 1.165) is 0 Å². The van der Waals surface area contributed by atoms with Crippen LogP contribution < -0.4 is 5.32 Å². The highest BCUT2D eigenvalue weighted by Crippen LogP contribution is 2.22. The lowest BCUT2D eigenvalue weighted by Gasteiger charge is -2.09. The largest absolute Gasteiger partial charge is 0.465 e. The van der Waals surface area contributed by atoms with Gasteiger partial charge in [0.15, 0.2) is 5.76 Å². The Morgan fingerprint density at radius 2 is 2.05 bits per heavy atom. The third-order valence-corrected chi connectivity index (χ3v) is 2.94. The predicted octanol–water partition coefficient (Wildman–Crippen LogP) is 3.28. The molecule has 6 heteroatoms. The van der Waals surface area contributed by atoms with Crippen molar-refractivity contribution in [2.45, 2.75) is 6.92 Å². The molecule has 1 aromatic carbocycles. The normalized spacial score (nSPS) is 10.2. The highest BCUT2D eigenvalue weighted by atomic mass is 35.5. The molecule has 20 heavy (non-hydrogen) atoms. The summed E-state index contributed by atoms with van der Waals surface area (Å²) in [4.78, 5) is 23.7. The van der Waals surface area contributed by atoms with Crippen molar-refractivity contribution in [1.29, 1.82) is 0 Å². The number of furan rings is 1. The number of hydrogen-bond acceptors (Lipinski definition) is 4. The fourth-order valence-electron chi connectivity index (χ4n) is 1.69. The van der Waals surface area contributed by atoms with Gasteiger partial charge in [0.1, 0.15) is 0 Å². The summed E-state index contributed by atoms with van der Waals surface area (Å²) < 4.78 is 9.75. The van der Waals surface area contributed by atoms with E-state index in [1.165, 1.54) is 25.5 Å². The Balaban J connectivity index is 2.32. The standard InChI is InChI=1S/C14H12ClNO4/c1-8-5-6-20-12(8)13(17)16-11-4-3-9(15)7-10(11)14(18)19-2/h3-7H,1-2H3,(H,16,17). The average molecular weight is 294 g/mol. The van der Waals surface area contributed by atoms with Gasteiger partial charge >= 0.3 is 5.97 Å². The molecule has 0 aliphatic rings. The van der Waals surface area contributed by atoms with Crippen LogP contribution in [0.2, 0.25) is 5.02 Å². The number of esters is 1. The van der Waals surface area contributed by atoms with Crippen molar-refractivity contribution in [1.82, 2.24) is 0 Å². The third kappa shape index (κ3) is 2.83. The third-order valence-electron chi connectivity index (χ3n) is 2.70. The number of aryl methyl sites for hydroxylation is 1. The first-order valence-corrected chi connectivity index (χ1v) is 6.14. The fourth-order valence-corrected chi connectivity index (χ4v) is 1.86. The number of carbonyl (C=O) groups excluding carboxylic acids is 2. The van der Waals surface area contributed by atoms with Gasteiger partial charge in [0.2, 0.25) is 0 Å². The van der Waals surface area contributed by atoms with Crippen LogP contribution in [0.4, 0.5) is 5.69 Å². The molecule has 0 radical (unpaired) electrons. The lowest BCUT2D eigenvalue weighted by atomic mass is 10.1. The summed E-state index contributed by atoms with van der Waals surface area (Å²) in [6, 6.07) is 6.21. The van der Waals surface area contributed by atoms with Crippen LogP contribution in [0.25, 0.3) is 0 Å². The quantitative estimate of drug-likeness (QED) is 0.882. The molecule has 1 amide bonds. The fraction of sp³-hybridized carbons (Fsp3) is 0.143. The Bertz CT molecular complexity index is 663. The summed E-state index contributed by atoms with van der Waals surface area (Å²) in [5.41, 5.74) is 1.19. The second-order valence-corrected chi connectivity index (χ2v) is 4.50. The number of nitrogens with one attached hydrogen (secondary N) is 1. The van der Waals surface area contributed by atoms with Gasteiger partial charge in [-0.15, -0.1) is 0 Å². The van der Waals surface area contributed by atoms with Crippen LogP contribution in [0, 0.1) is 6.92 Å². The molecule has 0 aliphatic carbocycles. The number of methoxy groups -OCH3 is 1. The molecule has 0 bridgehead atoms. The smallest absolute Gasteiger partial charge is 0.340 e. The second-order valence-electron chi connectivity index (χ2n) is 4.07. The van der Waals surface area contributed by atoms with Gasteiger partial charge in [-0.2, -0.15) is 0 Å². The Kier molecular flexibility index (Phi) is 4.10. The van der Waals surface area contributed by atoms with Gasteiger partial charge in [0.05, 0.1) is 24.6 Å². The zero-order valence-electron chi connectivity index (χ0n) is 10.9. The first-order valence-electron chi connectivity index (χ1n) is 5.76. The number of ether oxygens (including phenoxy) is 1. The maximum Gasteiger partial charge on any atom is 0.340 e. The van der Waals surface area contributed by atoms with Gasteiger partial charge in [0.25, 0.3) is 5.91 Å². The van der Waals surface area contributed by atoms with Gasteiger partial charge in [-0.05, 0) is 31.2 Å². The molecule has 0 saturated heterocycles. The van der Waals surface area contributed by atoms with Gasteiger partial charge < -0.3 is 14.5 Å². The summed E-state index contributed by atoms with van der Waals surface area (Å²) in [6.07, 6.45) is 1.42. The molecule has 5 nitrogen and oxygen atoms in total. The number of hydrogen-bond donors (Lipinski definition) is 1. The molecule has 1 heterocycles. The highest BCUT2D eigenvalue weighted by Gasteiger charge is 2.18. The lowest BCUT2D eigenvalue weighted by molar-refractivity contribution is 0.0602. The molecule has 1 N–H and O–H groups in total. The lowest BCUT2D eigenvalue weighted by Crippen LogP contribution is -2.15. The summed E-state index contributed by atoms with van der Waals surface area (Å²) >= 11 is 5.84. The second kappa shape index (κ2) is 5.79. The molecule has 0 spiro atoms. The number of halogens is 1. The van der Waals surface area contributed by atoms with Crippen LogP contribution in [0.3, 0.4) is 0 Å². The first kappa shape index (κ1) is 14.1. The van der Waals surface area contributed by atoms with Crippen molar-refractivity contribution in [3.05, 3.63) is 52.4 Å². The maximum absolute atomic E-state index is 12.1. The Hall–Kier alpha value is -2.27. The van der Waals surface area contributed by atoms with Crippen LogP contribution in [0.1, 0.15) is 26.5 Å². The minimum atomic E-state index is -0.584. The van der Waals surface area contributed by atoms with Gasteiger partial charge in [-0.1, -0.05) is 11.6 Å². The molecule has 0 unspecified atom stereocenters. The summed E-state index contributed by atoms with van der Waals surface area (Å²) in [6.45, 7) is 1.75. The molecule has 104 valence electrons. The highest BCUT2D eigenvalue weighted by molar-refractivity contribution is 6.31. The van der Waals surface area contributed by atoms with E-state index in [1.807, 2.05) is 0 Å². The van der Waals surface area contributed by atoms with E-state index in [0.29, 0.717) is 16.3 Å². The van der Waals surface area contributed by atoms with Gasteiger partial charge in [-0.3, -0.25) is 4.79 Å². The minimum Gasteiger partial charge on any atom is -0.465 e. The van der Waals surface area contributed by atoms with E-state index in [4.69, 9.17) is 16.0 Å². The molecule has 2 aromatic rings. The molecule has 0 fully saturated rings. The van der Waals surface area contributed by atoms with Crippen molar-refractivity contribution in [3.63, 3.8) is 0 Å². The Morgan fingerprint density at radius 1 is 1.30 bits per heavy atom. The maximum atomic E-state index is 12.1. The number of benzene rings is 1. The summed E-state index contributed by atoms with van der Waals surface area (Å²) in [5.74, 6) is -0.838. The molecule has 0 saturated carbocycles. The van der Waals surface area contributed by atoms with E-state index in [-0.39, 0.29) is 11.3 Å². The molecular formula is C14H12ClNO4. The van der Waals surface area contributed by atoms with Crippen molar-refractivity contribution < 1.29 is 18.7 Å². The zero-order valence-corrected chi connectivity index (χ0v) is 11.7. The number of anilines is 1. The van der Waals surface area contributed by atoms with E-state index < -0.39 is 11.9 Å². The molecule has 1 aromatic heterocycles. The van der Waals surface area contributed by atoms with Crippen LogP contribution in [-0.2, 0) is 4.74 Å². The number of amides is 1. The predicted molar refractivity (Wildman–Crippen MR) is 74.2 cm³/mol. The molecule has 0 atom stereocenters. The monoisotopic (exact) mass is 293 g/mol. The SMILES string of the molecule is COC(=O)c1cc(Cl)ccc1NC(=O)c1occc1C. The Labute approximate surface area is 120 Å². The number of carbonyl (C=O) groups is 2. The van der Waals surface area contributed by atoms with E-state index in [2.05, 4.69) is 10.1 Å². The topological polar surface area (TPSA) is 68.5 Å².